The molecule has 1 saturated heterocycles. The van der Waals surface area contributed by atoms with Crippen LogP contribution in [0.5, 0.6) is 0 Å². The number of aromatic nitrogens is 2. The molecule has 0 bridgehead atoms. The molecule has 0 radical (unpaired) electrons. The van der Waals surface area contributed by atoms with Crippen molar-refractivity contribution in [3.8, 4) is 11.8 Å². The zero-order valence-corrected chi connectivity index (χ0v) is 19.6. The van der Waals surface area contributed by atoms with Crippen molar-refractivity contribution in [2.24, 2.45) is 0 Å². The van der Waals surface area contributed by atoms with Crippen molar-refractivity contribution in [3.05, 3.63) is 75.5 Å². The lowest BCUT2D eigenvalue weighted by molar-refractivity contribution is 0.195. The van der Waals surface area contributed by atoms with E-state index in [0.29, 0.717) is 24.7 Å². The minimum atomic E-state index is -4.31. The van der Waals surface area contributed by atoms with Gasteiger partial charge in [-0.1, -0.05) is 35.0 Å². The number of benzene rings is 2. The Morgan fingerprint density at radius 2 is 1.85 bits per heavy atom. The molecule has 2 heterocycles. The topological polar surface area (TPSA) is 93.2 Å². The molecule has 0 saturated carbocycles. The Labute approximate surface area is 204 Å². The van der Waals surface area contributed by atoms with Crippen LogP contribution in [0.25, 0.3) is 0 Å². The van der Waals surface area contributed by atoms with Gasteiger partial charge in [-0.25, -0.2) is 27.2 Å². The predicted octanol–water partition coefficient (Wildman–Crippen LogP) is 4.46. The van der Waals surface area contributed by atoms with Crippen LogP contribution in [0.2, 0.25) is 10.0 Å². The number of ether oxygens (including phenoxy) is 1. The van der Waals surface area contributed by atoms with Crippen LogP contribution in [0.4, 0.5) is 20.4 Å². The van der Waals surface area contributed by atoms with Gasteiger partial charge < -0.3 is 10.1 Å². The maximum absolute atomic E-state index is 15.0. The Bertz CT molecular complexity index is 1390. The molecule has 1 aromatic heterocycles. The van der Waals surface area contributed by atoms with Crippen molar-refractivity contribution < 1.29 is 21.9 Å². The van der Waals surface area contributed by atoms with Gasteiger partial charge in [0, 0.05) is 24.0 Å². The van der Waals surface area contributed by atoms with Gasteiger partial charge in [0.15, 0.2) is 5.82 Å². The molecule has 2 aromatic carbocycles. The highest BCUT2D eigenvalue weighted by Gasteiger charge is 2.22. The van der Waals surface area contributed by atoms with Gasteiger partial charge in [0.2, 0.25) is 5.95 Å². The van der Waals surface area contributed by atoms with Crippen molar-refractivity contribution >= 4 is 44.9 Å². The van der Waals surface area contributed by atoms with Gasteiger partial charge in [0.1, 0.15) is 10.7 Å². The first-order chi connectivity index (χ1) is 16.2. The molecule has 1 unspecified atom stereocenters. The summed E-state index contributed by atoms with van der Waals surface area (Å²) in [6.07, 6.45) is 3.65. The maximum Gasteiger partial charge on any atom is 0.263 e. The van der Waals surface area contributed by atoms with E-state index in [1.165, 1.54) is 24.5 Å². The summed E-state index contributed by atoms with van der Waals surface area (Å²) in [5.74, 6) is 3.19. The summed E-state index contributed by atoms with van der Waals surface area (Å²) in [5.41, 5.74) is -0.817. The molecule has 2 N–H and O–H groups in total. The molecular weight excluding hydrogens is 509 g/mol. The smallest absolute Gasteiger partial charge is 0.263 e. The second kappa shape index (κ2) is 10.1. The third-order valence-corrected chi connectivity index (χ3v) is 6.85. The standard InChI is InChI=1S/C22H16Cl2F2N4O3S/c23-14-2-4-17(24)20(9-14)34(31,32)30-19-6-5-18(25)16(21(19)26)3-1-13-10-27-22(28-11-13)29-15-7-8-33-12-15/h2,4-6,9-11,15,30H,7-8,12H2,(H,27,28,29). The van der Waals surface area contributed by atoms with Gasteiger partial charge in [-0.05, 0) is 36.8 Å². The van der Waals surface area contributed by atoms with Crippen LogP contribution in [0.3, 0.4) is 0 Å². The number of nitrogens with zero attached hydrogens (tertiary/aromatic N) is 2. The molecule has 0 aliphatic carbocycles. The van der Waals surface area contributed by atoms with E-state index in [2.05, 4.69) is 31.8 Å². The summed E-state index contributed by atoms with van der Waals surface area (Å²) in [5, 5.41) is 3.12. The highest BCUT2D eigenvalue weighted by molar-refractivity contribution is 7.92. The third kappa shape index (κ3) is 5.56. The second-order valence-electron chi connectivity index (χ2n) is 7.21. The summed E-state index contributed by atoms with van der Waals surface area (Å²) in [6.45, 7) is 1.23. The van der Waals surface area contributed by atoms with Gasteiger partial charge in [-0.3, -0.25) is 4.72 Å². The zero-order valence-electron chi connectivity index (χ0n) is 17.3. The fourth-order valence-electron chi connectivity index (χ4n) is 3.06. The van der Waals surface area contributed by atoms with Crippen LogP contribution in [0.15, 0.2) is 47.6 Å². The van der Waals surface area contributed by atoms with Crippen molar-refractivity contribution in [1.29, 1.82) is 0 Å². The van der Waals surface area contributed by atoms with E-state index in [4.69, 9.17) is 27.9 Å². The molecule has 3 aromatic rings. The summed E-state index contributed by atoms with van der Waals surface area (Å²) >= 11 is 11.8. The molecule has 176 valence electrons. The van der Waals surface area contributed by atoms with Crippen LogP contribution in [0, 0.1) is 23.5 Å². The van der Waals surface area contributed by atoms with E-state index in [1.807, 2.05) is 0 Å². The van der Waals surface area contributed by atoms with Crippen LogP contribution in [-0.2, 0) is 14.8 Å². The van der Waals surface area contributed by atoms with Gasteiger partial charge >= 0.3 is 0 Å². The Morgan fingerprint density at radius 1 is 1.09 bits per heavy atom. The van der Waals surface area contributed by atoms with E-state index in [0.717, 1.165) is 24.6 Å². The average molecular weight is 525 g/mol. The van der Waals surface area contributed by atoms with Crippen LogP contribution < -0.4 is 10.0 Å². The lowest BCUT2D eigenvalue weighted by Crippen LogP contribution is -2.20. The second-order valence-corrected chi connectivity index (χ2v) is 9.71. The van der Waals surface area contributed by atoms with Crippen LogP contribution in [-0.4, -0.2) is 37.6 Å². The molecule has 4 rings (SSSR count). The van der Waals surface area contributed by atoms with E-state index in [1.54, 1.807) is 0 Å². The summed E-state index contributed by atoms with van der Waals surface area (Å²) in [7, 11) is -4.31. The first-order valence-corrected chi connectivity index (χ1v) is 12.1. The first kappa shape index (κ1) is 24.2. The highest BCUT2D eigenvalue weighted by Crippen LogP contribution is 2.29. The number of sulfonamides is 1. The van der Waals surface area contributed by atoms with E-state index in [9.17, 15) is 17.2 Å². The van der Waals surface area contributed by atoms with Crippen LogP contribution in [0.1, 0.15) is 17.5 Å². The van der Waals surface area contributed by atoms with Crippen molar-refractivity contribution in [3.63, 3.8) is 0 Å². The van der Waals surface area contributed by atoms with E-state index >= 15 is 0 Å². The van der Waals surface area contributed by atoms with Gasteiger partial charge in [-0.2, -0.15) is 0 Å². The Kier molecular flexibility index (Phi) is 7.19. The molecule has 1 aliphatic rings. The number of halogens is 4. The Hall–Kier alpha value is -2.97. The number of rotatable bonds is 5. The lowest BCUT2D eigenvalue weighted by Gasteiger charge is -2.11. The van der Waals surface area contributed by atoms with Crippen LogP contribution >= 0.6 is 23.2 Å². The normalized spacial score (nSPS) is 15.5. The first-order valence-electron chi connectivity index (χ1n) is 9.87. The maximum atomic E-state index is 15.0. The third-order valence-electron chi connectivity index (χ3n) is 4.76. The largest absolute Gasteiger partial charge is 0.379 e. The van der Waals surface area contributed by atoms with Crippen molar-refractivity contribution in [1.82, 2.24) is 9.97 Å². The molecule has 7 nitrogen and oxygen atoms in total. The molecule has 1 fully saturated rings. The predicted molar refractivity (Wildman–Crippen MR) is 124 cm³/mol. The molecule has 0 spiro atoms. The molecule has 0 amide bonds. The number of anilines is 2. The fourth-order valence-corrected chi connectivity index (χ4v) is 4.88. The average Bonchev–Trinajstić information content (AvgIpc) is 3.31. The summed E-state index contributed by atoms with van der Waals surface area (Å²) < 4.78 is 61.9. The summed E-state index contributed by atoms with van der Waals surface area (Å²) in [4.78, 5) is 7.91. The molecule has 1 aliphatic heterocycles. The van der Waals surface area contributed by atoms with Crippen molar-refractivity contribution in [2.75, 3.05) is 23.3 Å². The highest BCUT2D eigenvalue weighted by atomic mass is 35.5. The van der Waals surface area contributed by atoms with E-state index < -0.39 is 32.9 Å². The molecule has 12 heteroatoms. The number of hydrogen-bond acceptors (Lipinski definition) is 6. The lowest BCUT2D eigenvalue weighted by atomic mass is 10.1. The summed E-state index contributed by atoms with van der Waals surface area (Å²) in [6, 6.07) is 5.78. The number of hydrogen-bond donors (Lipinski definition) is 2. The van der Waals surface area contributed by atoms with Gasteiger partial charge in [0.25, 0.3) is 10.0 Å². The SMILES string of the molecule is O=S(=O)(Nc1ccc(F)c(C#Cc2cnc(NC3CCOC3)nc2)c1F)c1cc(Cl)ccc1Cl. The monoisotopic (exact) mass is 524 g/mol. The number of nitrogens with one attached hydrogen (secondary N) is 2. The van der Waals surface area contributed by atoms with Crippen molar-refractivity contribution in [2.45, 2.75) is 17.4 Å². The quantitative estimate of drug-likeness (QED) is 0.478. The molecule has 1 atom stereocenters. The Morgan fingerprint density at radius 3 is 2.56 bits per heavy atom. The van der Waals surface area contributed by atoms with Gasteiger partial charge in [0.05, 0.1) is 34.5 Å². The minimum absolute atomic E-state index is 0.113. The minimum Gasteiger partial charge on any atom is -0.379 e. The van der Waals surface area contributed by atoms with E-state index in [-0.39, 0.29) is 21.0 Å². The van der Waals surface area contributed by atoms with Gasteiger partial charge in [-0.15, -0.1) is 0 Å². The Balaban J connectivity index is 1.56. The molecule has 34 heavy (non-hydrogen) atoms. The fraction of sp³-hybridized carbons (Fsp3) is 0.182. The molecular formula is C22H16Cl2F2N4O3S. The zero-order chi connectivity index (χ0) is 24.3.